The first kappa shape index (κ1) is 29.0. The van der Waals surface area contributed by atoms with Crippen molar-refractivity contribution in [2.45, 2.75) is 49.7 Å². The molecule has 4 atom stereocenters. The van der Waals surface area contributed by atoms with Gasteiger partial charge in [0.1, 0.15) is 5.02 Å². The van der Waals surface area contributed by atoms with Crippen molar-refractivity contribution >= 4 is 51.6 Å². The van der Waals surface area contributed by atoms with Crippen molar-refractivity contribution in [1.29, 1.82) is 0 Å². The van der Waals surface area contributed by atoms with Gasteiger partial charge in [0.25, 0.3) is 5.56 Å². The van der Waals surface area contributed by atoms with Crippen molar-refractivity contribution in [1.82, 2.24) is 19.4 Å². The molecule has 2 aromatic heterocycles. The molecule has 3 aliphatic heterocycles. The van der Waals surface area contributed by atoms with E-state index >= 15 is 8.78 Å². The zero-order chi connectivity index (χ0) is 30.9. The largest absolute Gasteiger partial charge is 0.480 e. The summed E-state index contributed by atoms with van der Waals surface area (Å²) in [7, 11) is 5.13. The number of nitrogens with one attached hydrogen (secondary N) is 2. The number of halogens is 3. The Balaban J connectivity index is 1.22. The van der Waals surface area contributed by atoms with Crippen molar-refractivity contribution in [3.63, 3.8) is 0 Å². The summed E-state index contributed by atoms with van der Waals surface area (Å²) in [6, 6.07) is 4.04. The Morgan fingerprint density at radius 3 is 2.61 bits per heavy atom. The number of hydrogen-bond donors (Lipinski definition) is 2. The molecule has 234 valence electrons. The lowest BCUT2D eigenvalue weighted by molar-refractivity contribution is -0.135. The van der Waals surface area contributed by atoms with E-state index in [1.54, 1.807) is 44.2 Å². The number of fused-ring (bicyclic) bond motifs is 5. The van der Waals surface area contributed by atoms with Gasteiger partial charge in [-0.05, 0) is 49.8 Å². The number of morpholine rings is 1. The van der Waals surface area contributed by atoms with Crippen molar-refractivity contribution in [3.8, 4) is 5.75 Å². The van der Waals surface area contributed by atoms with Gasteiger partial charge in [0.15, 0.2) is 12.4 Å². The van der Waals surface area contributed by atoms with Crippen LogP contribution < -0.4 is 25.8 Å². The molecule has 3 aromatic rings. The highest BCUT2D eigenvalue weighted by Crippen LogP contribution is 2.46. The fraction of sp³-hybridized carbons (Fsp3) is 0.533. The van der Waals surface area contributed by atoms with Crippen LogP contribution in [0.25, 0.3) is 10.9 Å². The van der Waals surface area contributed by atoms with Gasteiger partial charge in [-0.25, -0.2) is 13.8 Å². The maximum Gasteiger partial charge on any atom is 0.301 e. The van der Waals surface area contributed by atoms with E-state index < -0.39 is 24.1 Å². The molecule has 0 spiro atoms. The molecule has 11 nitrogen and oxygen atoms in total. The quantitative estimate of drug-likeness (QED) is 0.432. The fourth-order valence-corrected chi connectivity index (χ4v) is 6.94. The Kier molecular flexibility index (Phi) is 7.07. The summed E-state index contributed by atoms with van der Waals surface area (Å²) in [6.07, 6.45) is 4.20. The van der Waals surface area contributed by atoms with Gasteiger partial charge in [-0.15, -0.1) is 0 Å². The van der Waals surface area contributed by atoms with Crippen LogP contribution in [0.1, 0.15) is 25.7 Å². The number of pyridine rings is 1. The highest BCUT2D eigenvalue weighted by molar-refractivity contribution is 6.33. The van der Waals surface area contributed by atoms with E-state index in [4.69, 9.17) is 26.1 Å². The van der Waals surface area contributed by atoms with Crippen LogP contribution in [0.3, 0.4) is 0 Å². The van der Waals surface area contributed by atoms with E-state index in [1.807, 2.05) is 0 Å². The molecule has 5 heterocycles. The first-order chi connectivity index (χ1) is 21.0. The first-order valence-corrected chi connectivity index (χ1v) is 15.2. The van der Waals surface area contributed by atoms with Crippen LogP contribution in [0, 0.1) is 11.8 Å². The van der Waals surface area contributed by atoms with E-state index in [0.717, 1.165) is 0 Å². The lowest BCUT2D eigenvalue weighted by atomic mass is 9.84. The number of benzene rings is 1. The summed E-state index contributed by atoms with van der Waals surface area (Å²) in [5.41, 5.74) is 0.928. The van der Waals surface area contributed by atoms with Crippen molar-refractivity contribution in [3.05, 3.63) is 39.8 Å². The van der Waals surface area contributed by atoms with Crippen LogP contribution in [0.15, 0.2) is 29.2 Å². The Morgan fingerprint density at radius 2 is 1.93 bits per heavy atom. The number of ether oxygens (including phenoxy) is 2. The third-order valence-electron chi connectivity index (χ3n) is 9.15. The van der Waals surface area contributed by atoms with Gasteiger partial charge in [-0.2, -0.15) is 4.98 Å². The summed E-state index contributed by atoms with van der Waals surface area (Å²) >= 11 is 6.56. The van der Waals surface area contributed by atoms with Gasteiger partial charge in [-0.1, -0.05) is 11.6 Å². The number of alkyl halides is 2. The zero-order valence-corrected chi connectivity index (χ0v) is 25.4. The molecule has 14 heteroatoms. The van der Waals surface area contributed by atoms with Gasteiger partial charge in [0, 0.05) is 38.1 Å². The zero-order valence-electron chi connectivity index (χ0n) is 24.6. The molecular weight excluding hydrogens is 596 g/mol. The van der Waals surface area contributed by atoms with Crippen molar-refractivity contribution in [2.24, 2.45) is 18.9 Å². The Labute approximate surface area is 257 Å². The average Bonchev–Trinajstić information content (AvgIpc) is 3.83. The van der Waals surface area contributed by atoms with E-state index in [9.17, 15) is 9.59 Å². The topological polar surface area (TPSA) is 114 Å². The molecule has 0 radical (unpaired) electrons. The molecule has 3 fully saturated rings. The molecule has 2 unspecified atom stereocenters. The highest BCUT2D eigenvalue weighted by Gasteiger charge is 2.51. The van der Waals surface area contributed by atoms with Gasteiger partial charge in [-0.3, -0.25) is 9.59 Å². The minimum Gasteiger partial charge on any atom is -0.480 e. The number of rotatable bonds is 5. The Bertz CT molecular complexity index is 1680. The summed E-state index contributed by atoms with van der Waals surface area (Å²) in [6.45, 7) is 0.0691. The standard InChI is InChI=1S/C30H34ClF2N7O4/c1-38(2)27(41)16-8-18-12-43-13-19(9-16)40(18)29-34-11-21(31)26(37-29)35-17-6-7-22-20(10-17)23-24(28(42)39(22)3)44-14-30(32,33)25(36-23)15-4-5-15/h6-7,10-11,15-16,18-19,25,36H,4-5,8-9,12-14H2,1-3H3,(H,34,35,37)/t16?,18-,19+,25?. The molecule has 44 heavy (non-hydrogen) atoms. The summed E-state index contributed by atoms with van der Waals surface area (Å²) in [4.78, 5) is 38.9. The second kappa shape index (κ2) is 10.7. The molecule has 2 bridgehead atoms. The predicted molar refractivity (Wildman–Crippen MR) is 162 cm³/mol. The molecule has 1 amide bonds. The molecule has 2 saturated heterocycles. The summed E-state index contributed by atoms with van der Waals surface area (Å²) in [5.74, 6) is -2.57. The molecule has 7 rings (SSSR count). The van der Waals surface area contributed by atoms with Crippen LogP contribution >= 0.6 is 11.6 Å². The number of aryl methyl sites for hydroxylation is 1. The van der Waals surface area contributed by atoms with Crippen molar-refractivity contribution < 1.29 is 23.0 Å². The Morgan fingerprint density at radius 1 is 1.20 bits per heavy atom. The first-order valence-electron chi connectivity index (χ1n) is 14.8. The monoisotopic (exact) mass is 629 g/mol. The lowest BCUT2D eigenvalue weighted by Gasteiger charge is -2.48. The molecule has 4 aliphatic rings. The maximum atomic E-state index is 15.0. The van der Waals surface area contributed by atoms with Gasteiger partial charge < -0.3 is 34.5 Å². The predicted octanol–water partition coefficient (Wildman–Crippen LogP) is 4.02. The van der Waals surface area contributed by atoms with Crippen LogP contribution in [-0.4, -0.2) is 83.3 Å². The molecule has 1 aliphatic carbocycles. The normalized spacial score (nSPS) is 25.8. The number of amides is 1. The molecule has 1 saturated carbocycles. The number of carbonyl (C=O) groups excluding carboxylic acids is 1. The second-order valence-electron chi connectivity index (χ2n) is 12.5. The minimum absolute atomic E-state index is 0.0635. The van der Waals surface area contributed by atoms with Gasteiger partial charge in [0.05, 0.1) is 48.7 Å². The van der Waals surface area contributed by atoms with Crippen molar-refractivity contribution in [2.75, 3.05) is 49.4 Å². The van der Waals surface area contributed by atoms with Crippen LogP contribution in [0.5, 0.6) is 5.75 Å². The van der Waals surface area contributed by atoms with Crippen LogP contribution in [0.2, 0.25) is 5.02 Å². The van der Waals surface area contributed by atoms with E-state index in [1.165, 1.54) is 10.8 Å². The minimum atomic E-state index is -3.13. The number of carbonyl (C=O) groups is 1. The number of aromatic nitrogens is 3. The van der Waals surface area contributed by atoms with Crippen LogP contribution in [0.4, 0.5) is 31.9 Å². The fourth-order valence-electron chi connectivity index (χ4n) is 6.80. The number of piperidine rings is 1. The Hall–Kier alpha value is -3.71. The second-order valence-corrected chi connectivity index (χ2v) is 12.9. The SMILES string of the molecule is CN(C)C(=O)C1C[C@H]2COC[C@@H](C1)N2c1ncc(Cl)c(Nc2ccc3c(c2)c2c(c(=O)n3C)OCC(F)(F)C(C3CC3)N2)n1. The number of anilines is 4. The maximum absolute atomic E-state index is 15.0. The van der Waals surface area contributed by atoms with E-state index in [0.29, 0.717) is 72.3 Å². The molecule has 2 N–H and O–H groups in total. The van der Waals surface area contributed by atoms with E-state index in [-0.39, 0.29) is 41.3 Å². The lowest BCUT2D eigenvalue weighted by Crippen LogP contribution is -2.59. The third kappa shape index (κ3) is 4.99. The van der Waals surface area contributed by atoms with Gasteiger partial charge in [0.2, 0.25) is 17.6 Å². The summed E-state index contributed by atoms with van der Waals surface area (Å²) in [5, 5.41) is 7.12. The smallest absolute Gasteiger partial charge is 0.301 e. The molecular formula is C30H34ClF2N7O4. The van der Waals surface area contributed by atoms with Crippen LogP contribution in [-0.2, 0) is 16.6 Å². The summed E-state index contributed by atoms with van der Waals surface area (Å²) < 4.78 is 42.8. The third-order valence-corrected chi connectivity index (χ3v) is 9.42. The average molecular weight is 630 g/mol. The highest BCUT2D eigenvalue weighted by atomic mass is 35.5. The molecule has 1 aromatic carbocycles. The van der Waals surface area contributed by atoms with E-state index in [2.05, 4.69) is 20.5 Å². The number of nitrogens with zero attached hydrogens (tertiary/aromatic N) is 5. The number of hydrogen-bond acceptors (Lipinski definition) is 9. The van der Waals surface area contributed by atoms with Gasteiger partial charge >= 0.3 is 5.92 Å².